The first-order valence-electron chi connectivity index (χ1n) is 4.41. The van der Waals surface area contributed by atoms with Crippen LogP contribution in [0, 0.1) is 0 Å². The van der Waals surface area contributed by atoms with Crippen LogP contribution < -0.4 is 4.74 Å². The molecule has 0 heterocycles. The Morgan fingerprint density at radius 2 is 2.19 bits per heavy atom. The number of aldehydes is 1. The van der Waals surface area contributed by atoms with Crippen LogP contribution in [0.3, 0.4) is 0 Å². The van der Waals surface area contributed by atoms with E-state index in [1.165, 1.54) is 12.1 Å². The molecule has 0 amide bonds. The van der Waals surface area contributed by atoms with Crippen molar-refractivity contribution < 1.29 is 18.3 Å². The standard InChI is InChI=1S/C11H9BrF2O2/c1-7(6-15)4-8-5-9(12)2-3-10(8)16-11(13)14/h2-6,11H,1H3. The SMILES string of the molecule is CC(C=O)=Cc1cc(Br)ccc1OC(F)F. The number of ether oxygens (including phenoxy) is 1. The van der Waals surface area contributed by atoms with Crippen molar-refractivity contribution in [2.24, 2.45) is 0 Å². The highest BCUT2D eigenvalue weighted by Crippen LogP contribution is 2.26. The Bertz CT molecular complexity index is 416. The molecule has 0 aliphatic rings. The molecule has 0 bridgehead atoms. The normalized spacial score (nSPS) is 11.7. The second-order valence-corrected chi connectivity index (χ2v) is 3.98. The molecule has 5 heteroatoms. The zero-order valence-corrected chi connectivity index (χ0v) is 10.0. The Hall–Kier alpha value is -1.23. The topological polar surface area (TPSA) is 26.3 Å². The first-order valence-corrected chi connectivity index (χ1v) is 5.20. The van der Waals surface area contributed by atoms with Crippen LogP contribution >= 0.6 is 15.9 Å². The van der Waals surface area contributed by atoms with Crippen molar-refractivity contribution in [3.05, 3.63) is 33.8 Å². The third-order valence-electron chi connectivity index (χ3n) is 1.76. The van der Waals surface area contributed by atoms with Crippen molar-refractivity contribution in [1.82, 2.24) is 0 Å². The number of allylic oxidation sites excluding steroid dienone is 1. The van der Waals surface area contributed by atoms with Gasteiger partial charge in [-0.1, -0.05) is 15.9 Å². The van der Waals surface area contributed by atoms with E-state index in [1.54, 1.807) is 19.1 Å². The number of alkyl halides is 2. The predicted octanol–water partition coefficient (Wildman–Crippen LogP) is 3.65. The molecule has 0 spiro atoms. The molecule has 0 saturated heterocycles. The molecular weight excluding hydrogens is 282 g/mol. The molecule has 0 aromatic heterocycles. The molecule has 1 aromatic carbocycles. The second kappa shape index (κ2) is 5.75. The van der Waals surface area contributed by atoms with Gasteiger partial charge in [0.2, 0.25) is 0 Å². The van der Waals surface area contributed by atoms with Crippen molar-refractivity contribution in [2.45, 2.75) is 13.5 Å². The third-order valence-corrected chi connectivity index (χ3v) is 2.25. The number of hydrogen-bond acceptors (Lipinski definition) is 2. The zero-order valence-electron chi connectivity index (χ0n) is 8.41. The van der Waals surface area contributed by atoms with Crippen LogP contribution in [0.1, 0.15) is 12.5 Å². The molecule has 1 aromatic rings. The fraction of sp³-hybridized carbons (Fsp3) is 0.182. The molecule has 0 saturated carbocycles. The average molecular weight is 291 g/mol. The first-order chi connectivity index (χ1) is 7.52. The number of hydrogen-bond donors (Lipinski definition) is 0. The van der Waals surface area contributed by atoms with E-state index in [0.717, 1.165) is 4.47 Å². The summed E-state index contributed by atoms with van der Waals surface area (Å²) < 4.78 is 29.2. The van der Waals surface area contributed by atoms with Gasteiger partial charge in [-0.05, 0) is 36.8 Å². The van der Waals surface area contributed by atoms with E-state index < -0.39 is 6.61 Å². The number of halogens is 3. The maximum absolute atomic E-state index is 12.1. The van der Waals surface area contributed by atoms with Crippen LogP contribution in [0.5, 0.6) is 5.75 Å². The van der Waals surface area contributed by atoms with Crippen LogP contribution in [-0.4, -0.2) is 12.9 Å². The van der Waals surface area contributed by atoms with E-state index in [9.17, 15) is 13.6 Å². The van der Waals surface area contributed by atoms with E-state index in [0.29, 0.717) is 17.4 Å². The molecule has 1 rings (SSSR count). The van der Waals surface area contributed by atoms with Gasteiger partial charge in [0.25, 0.3) is 0 Å². The lowest BCUT2D eigenvalue weighted by molar-refractivity contribution is -0.104. The quantitative estimate of drug-likeness (QED) is 0.625. The van der Waals surface area contributed by atoms with Crippen LogP contribution in [0.4, 0.5) is 8.78 Å². The zero-order chi connectivity index (χ0) is 12.1. The van der Waals surface area contributed by atoms with Gasteiger partial charge in [-0.2, -0.15) is 8.78 Å². The lowest BCUT2D eigenvalue weighted by atomic mass is 10.1. The Morgan fingerprint density at radius 3 is 2.75 bits per heavy atom. The average Bonchev–Trinajstić information content (AvgIpc) is 2.21. The summed E-state index contributed by atoms with van der Waals surface area (Å²) in [6.07, 6.45) is 2.13. The van der Waals surface area contributed by atoms with Crippen LogP contribution in [0.25, 0.3) is 6.08 Å². The molecule has 0 aliphatic carbocycles. The lowest BCUT2D eigenvalue weighted by Gasteiger charge is -2.08. The van der Waals surface area contributed by atoms with Gasteiger partial charge in [-0.15, -0.1) is 0 Å². The third kappa shape index (κ3) is 3.73. The molecule has 0 radical (unpaired) electrons. The summed E-state index contributed by atoms with van der Waals surface area (Å²) in [4.78, 5) is 10.5. The molecule has 86 valence electrons. The van der Waals surface area contributed by atoms with Gasteiger partial charge < -0.3 is 4.74 Å². The summed E-state index contributed by atoms with van der Waals surface area (Å²) in [5, 5.41) is 0. The Kier molecular flexibility index (Phi) is 4.61. The van der Waals surface area contributed by atoms with Gasteiger partial charge in [-0.25, -0.2) is 0 Å². The van der Waals surface area contributed by atoms with Gasteiger partial charge >= 0.3 is 6.61 Å². The Morgan fingerprint density at radius 1 is 1.50 bits per heavy atom. The first kappa shape index (κ1) is 12.8. The monoisotopic (exact) mass is 290 g/mol. The van der Waals surface area contributed by atoms with E-state index in [-0.39, 0.29) is 5.75 Å². The number of benzene rings is 1. The minimum absolute atomic E-state index is 0.0411. The summed E-state index contributed by atoms with van der Waals surface area (Å²) in [5.41, 5.74) is 0.858. The summed E-state index contributed by atoms with van der Waals surface area (Å²) in [7, 11) is 0. The fourth-order valence-corrected chi connectivity index (χ4v) is 1.49. The largest absolute Gasteiger partial charge is 0.434 e. The molecule has 0 fully saturated rings. The van der Waals surface area contributed by atoms with Crippen molar-refractivity contribution in [3.8, 4) is 5.75 Å². The maximum Gasteiger partial charge on any atom is 0.387 e. The molecule has 0 unspecified atom stereocenters. The van der Waals surface area contributed by atoms with Crippen molar-refractivity contribution in [1.29, 1.82) is 0 Å². The second-order valence-electron chi connectivity index (χ2n) is 3.07. The molecular formula is C11H9BrF2O2. The van der Waals surface area contributed by atoms with E-state index in [4.69, 9.17) is 0 Å². The van der Waals surface area contributed by atoms with Gasteiger partial charge in [0, 0.05) is 10.0 Å². The summed E-state index contributed by atoms with van der Waals surface area (Å²) in [6.45, 7) is -1.30. The Balaban J connectivity index is 3.12. The molecule has 0 atom stereocenters. The highest BCUT2D eigenvalue weighted by molar-refractivity contribution is 9.10. The van der Waals surface area contributed by atoms with Crippen molar-refractivity contribution in [3.63, 3.8) is 0 Å². The summed E-state index contributed by atoms with van der Waals surface area (Å²) in [5.74, 6) is 0.0411. The van der Waals surface area contributed by atoms with Gasteiger partial charge in [0.05, 0.1) is 0 Å². The predicted molar refractivity (Wildman–Crippen MR) is 60.5 cm³/mol. The maximum atomic E-state index is 12.1. The summed E-state index contributed by atoms with van der Waals surface area (Å²) >= 11 is 3.21. The van der Waals surface area contributed by atoms with Gasteiger partial charge in [-0.3, -0.25) is 4.79 Å². The molecule has 0 aliphatic heterocycles. The molecule has 0 N–H and O–H groups in total. The van der Waals surface area contributed by atoms with E-state index >= 15 is 0 Å². The number of carbonyl (C=O) groups excluding carboxylic acids is 1. The number of rotatable bonds is 4. The smallest absolute Gasteiger partial charge is 0.387 e. The minimum atomic E-state index is -2.88. The highest BCUT2D eigenvalue weighted by atomic mass is 79.9. The summed E-state index contributed by atoms with van der Waals surface area (Å²) in [6, 6.07) is 4.61. The highest BCUT2D eigenvalue weighted by Gasteiger charge is 2.08. The van der Waals surface area contributed by atoms with Crippen molar-refractivity contribution >= 4 is 28.3 Å². The molecule has 16 heavy (non-hydrogen) atoms. The van der Waals surface area contributed by atoms with E-state index in [2.05, 4.69) is 20.7 Å². The van der Waals surface area contributed by atoms with Gasteiger partial charge in [0.15, 0.2) is 0 Å². The van der Waals surface area contributed by atoms with Crippen LogP contribution in [-0.2, 0) is 4.79 Å². The van der Waals surface area contributed by atoms with Gasteiger partial charge in [0.1, 0.15) is 12.0 Å². The number of carbonyl (C=O) groups is 1. The van der Waals surface area contributed by atoms with Crippen molar-refractivity contribution in [2.75, 3.05) is 0 Å². The molecule has 2 nitrogen and oxygen atoms in total. The lowest BCUT2D eigenvalue weighted by Crippen LogP contribution is -2.03. The fourth-order valence-electron chi connectivity index (χ4n) is 1.11. The van der Waals surface area contributed by atoms with Crippen LogP contribution in [0.15, 0.2) is 28.2 Å². The Labute approximate surface area is 100 Å². The van der Waals surface area contributed by atoms with E-state index in [1.807, 2.05) is 0 Å². The van der Waals surface area contributed by atoms with Crippen LogP contribution in [0.2, 0.25) is 0 Å². The minimum Gasteiger partial charge on any atom is -0.434 e.